The molecule has 0 amide bonds. The summed E-state index contributed by atoms with van der Waals surface area (Å²) in [5.41, 5.74) is 0. The predicted octanol–water partition coefficient (Wildman–Crippen LogP) is 1.47. The van der Waals surface area contributed by atoms with Crippen LogP contribution in [0.4, 0.5) is 13.2 Å². The van der Waals surface area contributed by atoms with Crippen molar-refractivity contribution in [1.29, 1.82) is 0 Å². The van der Waals surface area contributed by atoms with E-state index < -0.39 is 28.8 Å². The molecule has 0 aliphatic rings. The van der Waals surface area contributed by atoms with Crippen molar-refractivity contribution in [2.75, 3.05) is 0 Å². The molecular weight excluding hydrogens is 271 g/mol. The maximum Gasteiger partial charge on any atom is 0.451 e. The Morgan fingerprint density at radius 2 is 1.72 bits per heavy atom. The molecule has 1 heterocycles. The van der Waals surface area contributed by atoms with Crippen molar-refractivity contribution in [2.45, 2.75) is 30.4 Å². The summed E-state index contributed by atoms with van der Waals surface area (Å²) in [5, 5.41) is 5.15. The summed E-state index contributed by atoms with van der Waals surface area (Å²) in [6.07, 6.45) is -4.62. The van der Waals surface area contributed by atoms with E-state index in [1.807, 2.05) is 0 Å². The summed E-state index contributed by atoms with van der Waals surface area (Å²) in [6, 6.07) is 0. The normalized spacial score (nSPS) is 11.9. The number of rotatable bonds is 4. The second-order valence-electron chi connectivity index (χ2n) is 3.58. The van der Waals surface area contributed by atoms with Crippen molar-refractivity contribution >= 4 is 23.3 Å². The molecule has 1 aromatic rings. The first-order chi connectivity index (χ1) is 8.14. The third-order valence-electron chi connectivity index (χ3n) is 2.05. The highest BCUT2D eigenvalue weighted by atomic mass is 32.2. The molecule has 1 rings (SSSR count). The monoisotopic (exact) mass is 281 g/mol. The molecule has 0 unspecified atom stereocenters. The highest BCUT2D eigenvalue weighted by Gasteiger charge is 2.38. The van der Waals surface area contributed by atoms with E-state index in [0.29, 0.717) is 16.3 Å². The van der Waals surface area contributed by atoms with Crippen LogP contribution in [-0.4, -0.2) is 31.6 Å². The summed E-state index contributed by atoms with van der Waals surface area (Å²) in [6.45, 7) is 2.39. The lowest BCUT2D eigenvalue weighted by Gasteiger charge is -2.10. The molecule has 0 saturated carbocycles. The maximum absolute atomic E-state index is 12.5. The Kier molecular flexibility index (Phi) is 4.15. The van der Waals surface area contributed by atoms with E-state index in [1.54, 1.807) is 0 Å². The molecule has 9 heteroatoms. The lowest BCUT2D eigenvalue weighted by atomic mass is 10.2. The van der Waals surface area contributed by atoms with Crippen LogP contribution in [0.1, 0.15) is 19.7 Å². The Balaban J connectivity index is 3.03. The number of thioether (sulfide) groups is 1. The molecule has 0 aromatic carbocycles. The van der Waals surface area contributed by atoms with Crippen molar-refractivity contribution in [3.63, 3.8) is 0 Å². The standard InChI is InChI=1S/C9H10F3N3O2S/c1-4(16)6(5(2)17)18-8-14-13-7(15(8)3)9(10,11)12/h6H,1-3H3. The number of carbonyl (C=O) groups excluding carboxylic acids is 2. The largest absolute Gasteiger partial charge is 0.451 e. The summed E-state index contributed by atoms with van der Waals surface area (Å²) in [4.78, 5) is 22.4. The van der Waals surface area contributed by atoms with Crippen LogP contribution in [0.3, 0.4) is 0 Å². The average Bonchev–Trinajstić information content (AvgIpc) is 2.54. The van der Waals surface area contributed by atoms with E-state index in [4.69, 9.17) is 0 Å². The molecule has 0 aliphatic carbocycles. The Hall–Kier alpha value is -1.38. The van der Waals surface area contributed by atoms with Crippen molar-refractivity contribution in [3.05, 3.63) is 5.82 Å². The molecule has 0 N–H and O–H groups in total. The van der Waals surface area contributed by atoms with Crippen molar-refractivity contribution in [3.8, 4) is 0 Å². The number of carbonyl (C=O) groups is 2. The third kappa shape index (κ3) is 3.09. The van der Waals surface area contributed by atoms with E-state index in [0.717, 1.165) is 7.05 Å². The van der Waals surface area contributed by atoms with Crippen molar-refractivity contribution in [2.24, 2.45) is 7.05 Å². The van der Waals surface area contributed by atoms with E-state index in [-0.39, 0.29) is 5.16 Å². The number of hydrogen-bond acceptors (Lipinski definition) is 5. The molecule has 18 heavy (non-hydrogen) atoms. The number of alkyl halides is 3. The van der Waals surface area contributed by atoms with E-state index in [9.17, 15) is 22.8 Å². The first kappa shape index (κ1) is 14.7. The molecular formula is C9H10F3N3O2S. The van der Waals surface area contributed by atoms with Gasteiger partial charge in [-0.05, 0) is 13.8 Å². The van der Waals surface area contributed by atoms with Gasteiger partial charge >= 0.3 is 6.18 Å². The van der Waals surface area contributed by atoms with Gasteiger partial charge in [0.05, 0.1) is 0 Å². The summed E-state index contributed by atoms with van der Waals surface area (Å²) in [7, 11) is 1.13. The fraction of sp³-hybridized carbons (Fsp3) is 0.556. The third-order valence-corrected chi connectivity index (χ3v) is 3.52. The van der Waals surface area contributed by atoms with Crippen LogP contribution in [-0.2, 0) is 22.8 Å². The fourth-order valence-corrected chi connectivity index (χ4v) is 2.10. The van der Waals surface area contributed by atoms with E-state index in [2.05, 4.69) is 10.2 Å². The molecule has 0 fully saturated rings. The second-order valence-corrected chi connectivity index (χ2v) is 4.65. The quantitative estimate of drug-likeness (QED) is 0.617. The zero-order valence-electron chi connectivity index (χ0n) is 9.78. The summed E-state index contributed by atoms with van der Waals surface area (Å²) >= 11 is 0.659. The Morgan fingerprint density at radius 3 is 2.06 bits per heavy atom. The van der Waals surface area contributed by atoms with Gasteiger partial charge in [0.1, 0.15) is 5.25 Å². The first-order valence-corrected chi connectivity index (χ1v) is 5.66. The topological polar surface area (TPSA) is 64.8 Å². The van der Waals surface area contributed by atoms with E-state index in [1.165, 1.54) is 13.8 Å². The molecule has 0 radical (unpaired) electrons. The highest BCUT2D eigenvalue weighted by molar-refractivity contribution is 8.01. The minimum atomic E-state index is -4.62. The van der Waals surface area contributed by atoms with Gasteiger partial charge in [0.25, 0.3) is 0 Å². The summed E-state index contributed by atoms with van der Waals surface area (Å²) in [5.74, 6) is -2.05. The molecule has 0 saturated heterocycles. The van der Waals surface area contributed by atoms with Gasteiger partial charge in [-0.15, -0.1) is 10.2 Å². The number of ketones is 2. The van der Waals surface area contributed by atoms with Gasteiger partial charge in [-0.1, -0.05) is 11.8 Å². The SMILES string of the molecule is CC(=O)C(Sc1nnc(C(F)(F)F)n1C)C(C)=O. The van der Waals surface area contributed by atoms with Crippen molar-refractivity contribution < 1.29 is 22.8 Å². The number of nitrogens with zero attached hydrogens (tertiary/aromatic N) is 3. The van der Waals surface area contributed by atoms with Crippen LogP contribution < -0.4 is 0 Å². The van der Waals surface area contributed by atoms with E-state index >= 15 is 0 Å². The minimum absolute atomic E-state index is 0.127. The molecule has 5 nitrogen and oxygen atoms in total. The van der Waals surface area contributed by atoms with Crippen LogP contribution in [0, 0.1) is 0 Å². The number of hydrogen-bond donors (Lipinski definition) is 0. The molecule has 1 aromatic heterocycles. The lowest BCUT2D eigenvalue weighted by Crippen LogP contribution is -2.23. The van der Waals surface area contributed by atoms with Gasteiger partial charge in [-0.2, -0.15) is 13.2 Å². The van der Waals surface area contributed by atoms with Crippen molar-refractivity contribution in [1.82, 2.24) is 14.8 Å². The van der Waals surface area contributed by atoms with Gasteiger partial charge in [0.15, 0.2) is 16.7 Å². The maximum atomic E-state index is 12.5. The van der Waals surface area contributed by atoms with Crippen LogP contribution in [0.25, 0.3) is 0 Å². The molecule has 0 spiro atoms. The van der Waals surface area contributed by atoms with Crippen LogP contribution >= 0.6 is 11.8 Å². The molecule has 0 bridgehead atoms. The highest BCUT2D eigenvalue weighted by Crippen LogP contribution is 2.31. The fourth-order valence-electron chi connectivity index (χ4n) is 1.22. The van der Waals surface area contributed by atoms with Gasteiger partial charge in [-0.25, -0.2) is 0 Å². The van der Waals surface area contributed by atoms with Crippen LogP contribution in [0.2, 0.25) is 0 Å². The average molecular weight is 281 g/mol. The van der Waals surface area contributed by atoms with Gasteiger partial charge in [0, 0.05) is 7.05 Å². The Morgan fingerprint density at radius 1 is 1.22 bits per heavy atom. The first-order valence-electron chi connectivity index (χ1n) is 4.78. The predicted molar refractivity (Wildman–Crippen MR) is 57.0 cm³/mol. The van der Waals surface area contributed by atoms with Gasteiger partial charge < -0.3 is 4.57 Å². The number of Topliss-reactive ketones (excluding diaryl/α,β-unsaturated/α-hetero) is 2. The minimum Gasteiger partial charge on any atom is -0.302 e. The smallest absolute Gasteiger partial charge is 0.302 e. The number of aromatic nitrogens is 3. The Bertz CT molecular complexity index is 470. The second kappa shape index (κ2) is 5.09. The summed E-state index contributed by atoms with van der Waals surface area (Å²) < 4.78 is 38.1. The molecule has 0 aliphatic heterocycles. The lowest BCUT2D eigenvalue weighted by molar-refractivity contribution is -0.147. The van der Waals surface area contributed by atoms with Gasteiger partial charge in [-0.3, -0.25) is 9.59 Å². The van der Waals surface area contributed by atoms with Crippen LogP contribution in [0.5, 0.6) is 0 Å². The van der Waals surface area contributed by atoms with Gasteiger partial charge in [0.2, 0.25) is 5.82 Å². The van der Waals surface area contributed by atoms with Crippen LogP contribution in [0.15, 0.2) is 5.16 Å². The molecule has 100 valence electrons. The number of halogens is 3. The zero-order chi connectivity index (χ0) is 14.1. The molecule has 0 atom stereocenters. The zero-order valence-corrected chi connectivity index (χ0v) is 10.6. The Labute approximate surface area is 105 Å².